The second-order valence-electron chi connectivity index (χ2n) is 0.610. The van der Waals surface area contributed by atoms with Crippen LogP contribution in [0.2, 0.25) is 0 Å². The molecule has 74 valence electrons. The predicted molar refractivity (Wildman–Crippen MR) is 15.3 cm³/mol. The first-order chi connectivity index (χ1) is 2.64. The summed E-state index contributed by atoms with van der Waals surface area (Å²) in [6.07, 6.45) is 0. The molecule has 10 heteroatoms. The summed E-state index contributed by atoms with van der Waals surface area (Å²) in [6, 6.07) is 0. The van der Waals surface area contributed by atoms with Gasteiger partial charge in [-0.2, -0.15) is 0 Å². The van der Waals surface area contributed by atoms with Gasteiger partial charge in [0.2, 0.25) is 0 Å². The van der Waals surface area contributed by atoms with E-state index in [1.165, 1.54) is 0 Å². The fourth-order valence-electron chi connectivity index (χ4n) is 0. The Hall–Kier alpha value is 2.76. The summed E-state index contributed by atoms with van der Waals surface area (Å²) in [5, 5.41) is 14.8. The van der Waals surface area contributed by atoms with Gasteiger partial charge < -0.3 is 10.2 Å². The number of carboxylic acids is 2. The molecule has 0 aliphatic carbocycles. The fourth-order valence-corrected chi connectivity index (χ4v) is 0. The molecule has 4 nitrogen and oxygen atoms in total. The van der Waals surface area contributed by atoms with Gasteiger partial charge in [-0.15, -0.1) is 0 Å². The summed E-state index contributed by atoms with van der Waals surface area (Å²) in [6.45, 7) is 0. The van der Waals surface area contributed by atoms with Crippen LogP contribution in [0.25, 0.3) is 0 Å². The minimum Gasteiger partial charge on any atom is -0.473 e. The van der Waals surface area contributed by atoms with Crippen LogP contribution < -0.4 is 0 Å². The third-order valence-electron chi connectivity index (χ3n) is 0.183. The smallest absolute Gasteiger partial charge is 0.414 e. The number of carboxylic acid groups (broad SMARTS) is 2. The Morgan fingerprint density at radius 2 is 0.833 bits per heavy atom. The van der Waals surface area contributed by atoms with E-state index in [1.54, 1.807) is 0 Å². The zero-order chi connectivity index (χ0) is 5.15. The standard InChI is InChI=1S/C2H2O4.2Co.2Mn.2Zr/c3-1(4)2(5)6;;;;;;/h(H,3,4)(H,5,6);;;;;;. The summed E-state index contributed by atoms with van der Waals surface area (Å²) in [7, 11) is 0. The van der Waals surface area contributed by atoms with Crippen molar-refractivity contribution >= 4 is 11.9 Å². The van der Waals surface area contributed by atoms with Gasteiger partial charge in [-0.05, 0) is 0 Å². The molecule has 0 spiro atoms. The molecule has 0 unspecified atom stereocenters. The van der Waals surface area contributed by atoms with Crippen molar-refractivity contribution in [1.29, 1.82) is 0 Å². The minimum absolute atomic E-state index is 0. The summed E-state index contributed by atoms with van der Waals surface area (Å²) in [5.74, 6) is -3.65. The third-order valence-corrected chi connectivity index (χ3v) is 0.183. The van der Waals surface area contributed by atoms with Crippen LogP contribution in [0, 0.1) is 0 Å². The summed E-state index contributed by atoms with van der Waals surface area (Å²) >= 11 is 0. The van der Waals surface area contributed by atoms with Gasteiger partial charge in [0.05, 0.1) is 0 Å². The number of aliphatic carboxylic acids is 2. The van der Waals surface area contributed by atoms with Crippen molar-refractivity contribution in [2.75, 3.05) is 0 Å². The average molecular weight is 500 g/mol. The van der Waals surface area contributed by atoms with Crippen LogP contribution in [-0.2, 0) is 130 Å². The minimum atomic E-state index is -1.82. The molecule has 0 bridgehead atoms. The van der Waals surface area contributed by atoms with E-state index in [9.17, 15) is 0 Å². The molecule has 0 aliphatic rings. The summed E-state index contributed by atoms with van der Waals surface area (Å²) in [5.41, 5.74) is 0. The Kier molecular flexibility index (Phi) is 113. The van der Waals surface area contributed by atoms with Crippen LogP contribution in [0.1, 0.15) is 0 Å². The van der Waals surface area contributed by atoms with Gasteiger partial charge in [-0.3, -0.25) is 0 Å². The molecule has 0 atom stereocenters. The number of hydrogen-bond donors (Lipinski definition) is 2. The Morgan fingerprint density at radius 1 is 0.750 bits per heavy atom. The molecule has 0 aliphatic heterocycles. The van der Waals surface area contributed by atoms with E-state index in [4.69, 9.17) is 19.8 Å². The van der Waals surface area contributed by atoms with Crippen molar-refractivity contribution in [2.24, 2.45) is 0 Å². The molecule has 0 amide bonds. The zero-order valence-corrected chi connectivity index (χ0v) is 14.5. The van der Waals surface area contributed by atoms with E-state index in [0.29, 0.717) is 0 Å². The Balaban J connectivity index is -0.00000000833. The van der Waals surface area contributed by atoms with E-state index in [0.717, 1.165) is 0 Å². The van der Waals surface area contributed by atoms with E-state index in [-0.39, 0.29) is 120 Å². The summed E-state index contributed by atoms with van der Waals surface area (Å²) < 4.78 is 0. The van der Waals surface area contributed by atoms with Gasteiger partial charge in [0, 0.05) is 120 Å². The van der Waals surface area contributed by atoms with Gasteiger partial charge in [0.1, 0.15) is 0 Å². The molecular formula is C2H2Co2Mn2O4Zr2. The van der Waals surface area contributed by atoms with Gasteiger partial charge in [-0.1, -0.05) is 0 Å². The molecule has 0 fully saturated rings. The van der Waals surface area contributed by atoms with E-state index in [2.05, 4.69) is 0 Å². The average Bonchev–Trinajstić information content (AvgIpc) is 1.36. The molecule has 0 rings (SSSR count). The van der Waals surface area contributed by atoms with E-state index < -0.39 is 11.9 Å². The van der Waals surface area contributed by atoms with Gasteiger partial charge >= 0.3 is 11.9 Å². The monoisotopic (exact) mass is 498 g/mol. The van der Waals surface area contributed by atoms with Gasteiger partial charge in [-0.25, -0.2) is 9.59 Å². The molecule has 4 radical (unpaired) electrons. The Morgan fingerprint density at radius 3 is 0.833 bits per heavy atom. The fraction of sp³-hybridized carbons (Fsp3) is 0. The van der Waals surface area contributed by atoms with Crippen molar-refractivity contribution in [3.05, 3.63) is 0 Å². The van der Waals surface area contributed by atoms with Crippen molar-refractivity contribution in [3.8, 4) is 0 Å². The number of carbonyl (C=O) groups is 2. The van der Waals surface area contributed by atoms with Crippen molar-refractivity contribution in [2.45, 2.75) is 0 Å². The van der Waals surface area contributed by atoms with Gasteiger partial charge in [0.15, 0.2) is 0 Å². The topological polar surface area (TPSA) is 74.6 Å². The first-order valence-electron chi connectivity index (χ1n) is 1.11. The van der Waals surface area contributed by atoms with Gasteiger partial charge in [0.25, 0.3) is 0 Å². The normalized spacial score (nSPS) is 3.67. The second-order valence-corrected chi connectivity index (χ2v) is 0.610. The first-order valence-corrected chi connectivity index (χ1v) is 1.11. The zero-order valence-electron chi connectivity index (χ0n) is 5.13. The molecule has 0 saturated heterocycles. The maximum atomic E-state index is 9.10. The first kappa shape index (κ1) is 46.4. The second kappa shape index (κ2) is 29.2. The number of hydrogen-bond acceptors (Lipinski definition) is 2. The van der Waals surface area contributed by atoms with Crippen LogP contribution in [-0.4, -0.2) is 22.2 Å². The number of rotatable bonds is 0. The van der Waals surface area contributed by atoms with Crippen LogP contribution in [0.5, 0.6) is 0 Å². The van der Waals surface area contributed by atoms with Crippen molar-refractivity contribution < 1.29 is 140 Å². The van der Waals surface area contributed by atoms with Crippen molar-refractivity contribution in [3.63, 3.8) is 0 Å². The molecule has 0 aromatic carbocycles. The third kappa shape index (κ3) is 38.6. The maximum absolute atomic E-state index is 9.10. The molecular weight excluding hydrogens is 498 g/mol. The largest absolute Gasteiger partial charge is 0.473 e. The predicted octanol–water partition coefficient (Wildman–Crippen LogP) is -0.859. The maximum Gasteiger partial charge on any atom is 0.414 e. The Bertz CT molecular complexity index is 93.1. The van der Waals surface area contributed by atoms with E-state index in [1.807, 2.05) is 0 Å². The summed E-state index contributed by atoms with van der Waals surface area (Å²) in [4.78, 5) is 18.2. The Labute approximate surface area is 149 Å². The van der Waals surface area contributed by atoms with Crippen LogP contribution >= 0.6 is 0 Å². The van der Waals surface area contributed by atoms with Crippen LogP contribution in [0.3, 0.4) is 0 Å². The molecule has 0 aromatic rings. The molecule has 0 heterocycles. The molecule has 0 saturated carbocycles. The van der Waals surface area contributed by atoms with Crippen LogP contribution in [0.4, 0.5) is 0 Å². The molecule has 0 aromatic heterocycles. The molecule has 2 N–H and O–H groups in total. The van der Waals surface area contributed by atoms with E-state index >= 15 is 0 Å². The quantitative estimate of drug-likeness (QED) is 0.336. The molecule has 12 heavy (non-hydrogen) atoms. The van der Waals surface area contributed by atoms with Crippen molar-refractivity contribution in [1.82, 2.24) is 0 Å². The SMILES string of the molecule is O=C(O)C(=O)O.[Co].[Co].[Mn].[Mn].[Zr].[Zr]. The van der Waals surface area contributed by atoms with Crippen LogP contribution in [0.15, 0.2) is 0 Å².